The Labute approximate surface area is 124 Å². The summed E-state index contributed by atoms with van der Waals surface area (Å²) in [7, 11) is 0. The van der Waals surface area contributed by atoms with Crippen LogP contribution in [0, 0.1) is 5.92 Å². The summed E-state index contributed by atoms with van der Waals surface area (Å²) in [4.78, 5) is 18.6. The number of hydrogen-bond acceptors (Lipinski definition) is 5. The molecule has 1 N–H and O–H groups in total. The van der Waals surface area contributed by atoms with Crippen molar-refractivity contribution >= 4 is 11.7 Å². The SMILES string of the molecule is O=C(NC[C@@H]1CCOC1)c1ccc(N2CCOCC2)nc1. The predicted molar refractivity (Wildman–Crippen MR) is 78.5 cm³/mol. The fourth-order valence-electron chi connectivity index (χ4n) is 2.58. The average Bonchev–Trinajstić information content (AvgIpc) is 3.07. The number of aromatic nitrogens is 1. The Bertz CT molecular complexity index is 466. The molecule has 0 unspecified atom stereocenters. The van der Waals surface area contributed by atoms with Crippen molar-refractivity contribution < 1.29 is 14.3 Å². The largest absolute Gasteiger partial charge is 0.381 e. The van der Waals surface area contributed by atoms with Gasteiger partial charge in [-0.1, -0.05) is 0 Å². The van der Waals surface area contributed by atoms with Crippen LogP contribution in [0.5, 0.6) is 0 Å². The maximum Gasteiger partial charge on any atom is 0.252 e. The lowest BCUT2D eigenvalue weighted by Gasteiger charge is -2.27. The van der Waals surface area contributed by atoms with Crippen molar-refractivity contribution in [1.82, 2.24) is 10.3 Å². The van der Waals surface area contributed by atoms with Crippen LogP contribution in [0.2, 0.25) is 0 Å². The summed E-state index contributed by atoms with van der Waals surface area (Å²) in [5, 5.41) is 2.95. The minimum Gasteiger partial charge on any atom is -0.381 e. The van der Waals surface area contributed by atoms with Gasteiger partial charge in [0.1, 0.15) is 5.82 Å². The Morgan fingerprint density at radius 2 is 2.14 bits per heavy atom. The van der Waals surface area contributed by atoms with Crippen molar-refractivity contribution in [3.8, 4) is 0 Å². The molecule has 1 aromatic rings. The molecule has 6 heteroatoms. The Hall–Kier alpha value is -1.66. The monoisotopic (exact) mass is 291 g/mol. The molecule has 0 bridgehead atoms. The third kappa shape index (κ3) is 3.71. The van der Waals surface area contributed by atoms with Crippen LogP contribution in [0.25, 0.3) is 0 Å². The fraction of sp³-hybridized carbons (Fsp3) is 0.600. The van der Waals surface area contributed by atoms with Gasteiger partial charge in [0.15, 0.2) is 0 Å². The van der Waals surface area contributed by atoms with Crippen molar-refractivity contribution in [2.24, 2.45) is 5.92 Å². The second-order valence-electron chi connectivity index (χ2n) is 5.44. The number of ether oxygens (including phenoxy) is 2. The molecule has 0 saturated carbocycles. The average molecular weight is 291 g/mol. The van der Waals surface area contributed by atoms with Crippen LogP contribution < -0.4 is 10.2 Å². The first kappa shape index (κ1) is 14.3. The van der Waals surface area contributed by atoms with Gasteiger partial charge in [-0.15, -0.1) is 0 Å². The van der Waals surface area contributed by atoms with E-state index in [2.05, 4.69) is 15.2 Å². The lowest BCUT2D eigenvalue weighted by molar-refractivity contribution is 0.0944. The first-order chi connectivity index (χ1) is 10.3. The molecular formula is C15H21N3O3. The maximum atomic E-state index is 12.1. The minimum atomic E-state index is -0.0667. The topological polar surface area (TPSA) is 63.7 Å². The Morgan fingerprint density at radius 3 is 2.81 bits per heavy atom. The van der Waals surface area contributed by atoms with Crippen molar-refractivity contribution in [3.63, 3.8) is 0 Å². The molecule has 2 aliphatic heterocycles. The number of anilines is 1. The summed E-state index contributed by atoms with van der Waals surface area (Å²) in [6.45, 7) is 5.37. The quantitative estimate of drug-likeness (QED) is 0.884. The highest BCUT2D eigenvalue weighted by atomic mass is 16.5. The number of pyridine rings is 1. The summed E-state index contributed by atoms with van der Waals surface area (Å²) in [6.07, 6.45) is 2.67. The first-order valence-electron chi connectivity index (χ1n) is 7.47. The van der Waals surface area contributed by atoms with Gasteiger partial charge >= 0.3 is 0 Å². The fourth-order valence-corrected chi connectivity index (χ4v) is 2.58. The van der Waals surface area contributed by atoms with Gasteiger partial charge in [-0.3, -0.25) is 4.79 Å². The molecule has 2 saturated heterocycles. The summed E-state index contributed by atoms with van der Waals surface area (Å²) < 4.78 is 10.6. The van der Waals surface area contributed by atoms with E-state index in [1.54, 1.807) is 6.20 Å². The smallest absolute Gasteiger partial charge is 0.252 e. The predicted octanol–water partition coefficient (Wildman–Crippen LogP) is 0.684. The van der Waals surface area contributed by atoms with Crippen molar-refractivity contribution in [1.29, 1.82) is 0 Å². The molecule has 1 amide bonds. The van der Waals surface area contributed by atoms with E-state index >= 15 is 0 Å². The third-order valence-electron chi connectivity index (χ3n) is 3.92. The van der Waals surface area contributed by atoms with Crippen molar-refractivity contribution in [2.75, 3.05) is 51.0 Å². The summed E-state index contributed by atoms with van der Waals surface area (Å²) in [5.74, 6) is 1.27. The lowest BCUT2D eigenvalue weighted by atomic mass is 10.1. The van der Waals surface area contributed by atoms with Gasteiger partial charge in [0.05, 0.1) is 25.4 Å². The van der Waals surface area contributed by atoms with Gasteiger partial charge in [0, 0.05) is 38.4 Å². The Morgan fingerprint density at radius 1 is 1.29 bits per heavy atom. The molecule has 3 heterocycles. The van der Waals surface area contributed by atoms with Crippen LogP contribution in [0.15, 0.2) is 18.3 Å². The molecule has 0 aliphatic carbocycles. The highest BCUT2D eigenvalue weighted by Gasteiger charge is 2.17. The van der Waals surface area contributed by atoms with E-state index in [0.29, 0.717) is 18.0 Å². The van der Waals surface area contributed by atoms with Crippen LogP contribution in [-0.4, -0.2) is 57.0 Å². The number of rotatable bonds is 4. The zero-order chi connectivity index (χ0) is 14.5. The number of morpholine rings is 1. The molecule has 0 aromatic carbocycles. The van der Waals surface area contributed by atoms with Crippen molar-refractivity contribution in [3.05, 3.63) is 23.9 Å². The second-order valence-corrected chi connectivity index (χ2v) is 5.44. The van der Waals surface area contributed by atoms with E-state index < -0.39 is 0 Å². The van der Waals surface area contributed by atoms with Crippen LogP contribution >= 0.6 is 0 Å². The van der Waals surface area contributed by atoms with Gasteiger partial charge in [-0.25, -0.2) is 4.98 Å². The molecule has 0 spiro atoms. The molecule has 2 aliphatic rings. The zero-order valence-electron chi connectivity index (χ0n) is 12.1. The van der Waals surface area contributed by atoms with Gasteiger partial charge in [0.25, 0.3) is 5.91 Å². The number of nitrogens with one attached hydrogen (secondary N) is 1. The van der Waals surface area contributed by atoms with Crippen LogP contribution in [-0.2, 0) is 9.47 Å². The van der Waals surface area contributed by atoms with Crippen LogP contribution in [0.3, 0.4) is 0 Å². The van der Waals surface area contributed by atoms with Crippen LogP contribution in [0.4, 0.5) is 5.82 Å². The van der Waals surface area contributed by atoms with Gasteiger partial charge in [-0.2, -0.15) is 0 Å². The molecule has 21 heavy (non-hydrogen) atoms. The lowest BCUT2D eigenvalue weighted by Crippen LogP contribution is -2.36. The second kappa shape index (κ2) is 6.87. The van der Waals surface area contributed by atoms with E-state index in [-0.39, 0.29) is 5.91 Å². The normalized spacial score (nSPS) is 22.3. The van der Waals surface area contributed by atoms with Crippen molar-refractivity contribution in [2.45, 2.75) is 6.42 Å². The Balaban J connectivity index is 1.54. The zero-order valence-corrected chi connectivity index (χ0v) is 12.1. The highest BCUT2D eigenvalue weighted by Crippen LogP contribution is 2.14. The maximum absolute atomic E-state index is 12.1. The van der Waals surface area contributed by atoms with E-state index in [9.17, 15) is 4.79 Å². The van der Waals surface area contributed by atoms with Gasteiger partial charge < -0.3 is 19.7 Å². The third-order valence-corrected chi connectivity index (χ3v) is 3.92. The number of carbonyl (C=O) groups is 1. The molecule has 0 radical (unpaired) electrons. The Kier molecular flexibility index (Phi) is 4.67. The van der Waals surface area contributed by atoms with E-state index in [1.807, 2.05) is 12.1 Å². The molecule has 114 valence electrons. The molecular weight excluding hydrogens is 270 g/mol. The number of nitrogens with zero attached hydrogens (tertiary/aromatic N) is 2. The minimum absolute atomic E-state index is 0.0667. The molecule has 3 rings (SSSR count). The van der Waals surface area contributed by atoms with E-state index in [1.165, 1.54) is 0 Å². The number of carbonyl (C=O) groups excluding carboxylic acids is 1. The molecule has 2 fully saturated rings. The van der Waals surface area contributed by atoms with Crippen LogP contribution in [0.1, 0.15) is 16.8 Å². The molecule has 1 atom stereocenters. The molecule has 1 aromatic heterocycles. The van der Waals surface area contributed by atoms with Gasteiger partial charge in [-0.05, 0) is 18.6 Å². The summed E-state index contributed by atoms with van der Waals surface area (Å²) >= 11 is 0. The highest BCUT2D eigenvalue weighted by molar-refractivity contribution is 5.94. The number of amides is 1. The first-order valence-corrected chi connectivity index (χ1v) is 7.47. The number of hydrogen-bond donors (Lipinski definition) is 1. The molecule has 6 nitrogen and oxygen atoms in total. The summed E-state index contributed by atoms with van der Waals surface area (Å²) in [6, 6.07) is 3.73. The summed E-state index contributed by atoms with van der Waals surface area (Å²) in [5.41, 5.74) is 0.603. The standard InChI is InChI=1S/C15H21N3O3/c19-15(17-9-12-3-6-21-11-12)13-1-2-14(16-10-13)18-4-7-20-8-5-18/h1-2,10,12H,3-9,11H2,(H,17,19)/t12-/m0/s1. The van der Waals surface area contributed by atoms with E-state index in [4.69, 9.17) is 9.47 Å². The van der Waals surface area contributed by atoms with E-state index in [0.717, 1.165) is 51.8 Å². The van der Waals surface area contributed by atoms with Gasteiger partial charge in [0.2, 0.25) is 0 Å².